The number of nitrogens with one attached hydrogen (secondary N) is 1. The summed E-state index contributed by atoms with van der Waals surface area (Å²) >= 11 is 0. The molecule has 1 aliphatic heterocycles. The van der Waals surface area contributed by atoms with Gasteiger partial charge in [0.05, 0.1) is 24.9 Å². The molecule has 0 radical (unpaired) electrons. The summed E-state index contributed by atoms with van der Waals surface area (Å²) in [4.78, 5) is 0. The highest BCUT2D eigenvalue weighted by Gasteiger charge is 2.30. The monoisotopic (exact) mass is 377 g/mol. The van der Waals surface area contributed by atoms with Gasteiger partial charge in [-0.05, 0) is 56.2 Å². The van der Waals surface area contributed by atoms with Gasteiger partial charge in [0.15, 0.2) is 6.29 Å². The second-order valence-electron chi connectivity index (χ2n) is 6.89. The fourth-order valence-corrected chi connectivity index (χ4v) is 3.08. The molecule has 146 valence electrons. The van der Waals surface area contributed by atoms with Gasteiger partial charge in [-0.1, -0.05) is 12.1 Å². The second-order valence-corrected chi connectivity index (χ2v) is 6.89. The van der Waals surface area contributed by atoms with Gasteiger partial charge in [0, 0.05) is 12.6 Å². The van der Waals surface area contributed by atoms with E-state index >= 15 is 0 Å². The van der Waals surface area contributed by atoms with Crippen LogP contribution in [0.15, 0.2) is 42.5 Å². The molecule has 27 heavy (non-hydrogen) atoms. The predicted octanol–water partition coefficient (Wildman–Crippen LogP) is 4.52. The van der Waals surface area contributed by atoms with E-state index in [0.717, 1.165) is 5.56 Å². The fourth-order valence-electron chi connectivity index (χ4n) is 3.08. The zero-order valence-electron chi connectivity index (χ0n) is 15.7. The summed E-state index contributed by atoms with van der Waals surface area (Å²) in [5.41, 5.74) is 1.54. The van der Waals surface area contributed by atoms with Crippen molar-refractivity contribution in [3.05, 3.63) is 65.2 Å². The molecule has 1 N–H and O–H groups in total. The van der Waals surface area contributed by atoms with Gasteiger partial charge in [-0.3, -0.25) is 0 Å². The van der Waals surface area contributed by atoms with Crippen LogP contribution in [0, 0.1) is 11.6 Å². The van der Waals surface area contributed by atoms with E-state index in [-0.39, 0.29) is 23.8 Å². The molecular weight excluding hydrogens is 352 g/mol. The minimum Gasteiger partial charge on any atom is -0.491 e. The van der Waals surface area contributed by atoms with E-state index in [1.54, 1.807) is 18.2 Å². The van der Waals surface area contributed by atoms with Crippen LogP contribution in [0.2, 0.25) is 0 Å². The smallest absolute Gasteiger partial charge is 0.177 e. The molecule has 1 heterocycles. The van der Waals surface area contributed by atoms with E-state index in [0.29, 0.717) is 24.5 Å². The highest BCUT2D eigenvalue weighted by molar-refractivity contribution is 5.31. The third-order valence-corrected chi connectivity index (χ3v) is 4.32. The fraction of sp³-hybridized carbons (Fsp3) is 0.429. The average molecular weight is 377 g/mol. The Labute approximate surface area is 158 Å². The summed E-state index contributed by atoms with van der Waals surface area (Å²) in [6, 6.07) is 10.6. The zero-order valence-corrected chi connectivity index (χ0v) is 15.7. The van der Waals surface area contributed by atoms with Crippen molar-refractivity contribution in [2.45, 2.75) is 45.3 Å². The Hall–Kier alpha value is -2.02. The lowest BCUT2D eigenvalue weighted by atomic mass is 10.0. The maximum Gasteiger partial charge on any atom is 0.177 e. The van der Waals surface area contributed by atoms with Gasteiger partial charge in [-0.2, -0.15) is 0 Å². The third kappa shape index (κ3) is 5.25. The van der Waals surface area contributed by atoms with Crippen LogP contribution in [0.25, 0.3) is 0 Å². The number of ether oxygens (including phenoxy) is 3. The maximum absolute atomic E-state index is 14.0. The largest absolute Gasteiger partial charge is 0.491 e. The second kappa shape index (κ2) is 8.78. The first kappa shape index (κ1) is 19.7. The molecule has 1 saturated heterocycles. The van der Waals surface area contributed by atoms with E-state index in [1.165, 1.54) is 24.3 Å². The van der Waals surface area contributed by atoms with Crippen molar-refractivity contribution in [2.24, 2.45) is 0 Å². The summed E-state index contributed by atoms with van der Waals surface area (Å²) in [6.45, 7) is 6.79. The number of morpholine rings is 1. The topological polar surface area (TPSA) is 39.7 Å². The van der Waals surface area contributed by atoms with Crippen LogP contribution in [0.4, 0.5) is 8.78 Å². The van der Waals surface area contributed by atoms with Crippen LogP contribution < -0.4 is 10.1 Å². The maximum atomic E-state index is 14.0. The Morgan fingerprint density at radius 2 is 1.78 bits per heavy atom. The Balaban J connectivity index is 1.76. The Kier molecular flexibility index (Phi) is 6.42. The molecule has 0 saturated carbocycles. The third-order valence-electron chi connectivity index (χ3n) is 4.32. The van der Waals surface area contributed by atoms with E-state index < -0.39 is 12.4 Å². The highest BCUT2D eigenvalue weighted by Crippen LogP contribution is 2.30. The Bertz CT molecular complexity index is 752. The summed E-state index contributed by atoms with van der Waals surface area (Å²) < 4.78 is 44.7. The van der Waals surface area contributed by atoms with Crippen LogP contribution in [-0.4, -0.2) is 25.5 Å². The lowest BCUT2D eigenvalue weighted by molar-refractivity contribution is -0.200. The summed E-state index contributed by atoms with van der Waals surface area (Å²) in [6.07, 6.45) is -1.04. The first-order valence-corrected chi connectivity index (χ1v) is 9.15. The van der Waals surface area contributed by atoms with Crippen LogP contribution in [0.3, 0.4) is 0 Å². The molecule has 0 amide bonds. The first-order valence-electron chi connectivity index (χ1n) is 9.15. The van der Waals surface area contributed by atoms with Crippen molar-refractivity contribution in [2.75, 3.05) is 13.2 Å². The quantitative estimate of drug-likeness (QED) is 0.804. The molecule has 2 aromatic carbocycles. The van der Waals surface area contributed by atoms with Gasteiger partial charge >= 0.3 is 0 Å². The van der Waals surface area contributed by atoms with Crippen LogP contribution >= 0.6 is 0 Å². The minimum absolute atomic E-state index is 0.0513. The molecule has 4 nitrogen and oxygen atoms in total. The zero-order chi connectivity index (χ0) is 19.4. The van der Waals surface area contributed by atoms with Crippen molar-refractivity contribution in [1.82, 2.24) is 5.32 Å². The molecule has 0 aromatic heterocycles. The van der Waals surface area contributed by atoms with Gasteiger partial charge in [0.1, 0.15) is 17.4 Å². The van der Waals surface area contributed by atoms with Gasteiger partial charge in [0.2, 0.25) is 0 Å². The minimum atomic E-state index is -0.572. The van der Waals surface area contributed by atoms with E-state index in [2.05, 4.69) is 5.32 Å². The molecule has 0 aliphatic carbocycles. The molecule has 0 bridgehead atoms. The average Bonchev–Trinajstić information content (AvgIpc) is 2.62. The van der Waals surface area contributed by atoms with E-state index in [4.69, 9.17) is 14.2 Å². The van der Waals surface area contributed by atoms with Crippen molar-refractivity contribution >= 4 is 0 Å². The number of benzene rings is 2. The van der Waals surface area contributed by atoms with Gasteiger partial charge in [-0.15, -0.1) is 0 Å². The molecule has 1 aliphatic rings. The first-order chi connectivity index (χ1) is 12.9. The Morgan fingerprint density at radius 3 is 2.48 bits per heavy atom. The van der Waals surface area contributed by atoms with Crippen molar-refractivity contribution in [3.63, 3.8) is 0 Å². The van der Waals surface area contributed by atoms with Gasteiger partial charge in [-0.25, -0.2) is 8.78 Å². The summed E-state index contributed by atoms with van der Waals surface area (Å²) in [5, 5.41) is 3.34. The van der Waals surface area contributed by atoms with Gasteiger partial charge < -0.3 is 19.5 Å². The summed E-state index contributed by atoms with van der Waals surface area (Å²) in [5.74, 6) is -0.205. The lowest BCUT2D eigenvalue weighted by Gasteiger charge is -2.34. The van der Waals surface area contributed by atoms with Crippen LogP contribution in [-0.2, 0) is 9.47 Å². The summed E-state index contributed by atoms with van der Waals surface area (Å²) in [7, 11) is 0. The lowest BCUT2D eigenvalue weighted by Crippen LogP contribution is -2.43. The van der Waals surface area contributed by atoms with Crippen molar-refractivity contribution < 1.29 is 23.0 Å². The van der Waals surface area contributed by atoms with E-state index in [1.807, 2.05) is 20.8 Å². The number of hydrogen-bond donors (Lipinski definition) is 1. The molecule has 3 rings (SSSR count). The molecule has 6 heteroatoms. The molecule has 2 aromatic rings. The van der Waals surface area contributed by atoms with Crippen molar-refractivity contribution in [1.29, 1.82) is 0 Å². The molecule has 0 spiro atoms. The van der Waals surface area contributed by atoms with Crippen molar-refractivity contribution in [3.8, 4) is 5.75 Å². The van der Waals surface area contributed by atoms with E-state index in [9.17, 15) is 8.78 Å². The molecule has 0 unspecified atom stereocenters. The van der Waals surface area contributed by atoms with Gasteiger partial charge in [0.25, 0.3) is 0 Å². The highest BCUT2D eigenvalue weighted by atomic mass is 19.1. The predicted molar refractivity (Wildman–Crippen MR) is 98.5 cm³/mol. The standard InChI is InChI=1S/C21H25F2NO3/c1-13(2)26-19-11-16(10-18(23)12-19)14(3)27-21-20(24-8-9-25-21)15-4-6-17(22)7-5-15/h4-7,10-14,20-21,24H,8-9H2,1-3H3/t14-,20+,21-/m1/s1. The molecule has 3 atom stereocenters. The number of halogens is 2. The number of rotatable bonds is 6. The van der Waals surface area contributed by atoms with Crippen LogP contribution in [0.1, 0.15) is 44.0 Å². The molecule has 1 fully saturated rings. The number of hydrogen-bond acceptors (Lipinski definition) is 4. The Morgan fingerprint density at radius 1 is 1.04 bits per heavy atom. The normalized spacial score (nSPS) is 21.3. The molecular formula is C21H25F2NO3. The van der Waals surface area contributed by atoms with Crippen LogP contribution in [0.5, 0.6) is 5.75 Å². The SMILES string of the molecule is CC(C)Oc1cc(F)cc([C@@H](C)O[C@H]2OCCN[C@H]2c2ccc(F)cc2)c1.